The molecule has 2 aromatic heterocycles. The van der Waals surface area contributed by atoms with E-state index in [9.17, 15) is 4.79 Å². The molecule has 0 saturated heterocycles. The van der Waals surface area contributed by atoms with Crippen LogP contribution in [-0.4, -0.2) is 25.7 Å². The minimum absolute atomic E-state index is 0.244. The van der Waals surface area contributed by atoms with Crippen molar-refractivity contribution < 1.29 is 4.79 Å². The summed E-state index contributed by atoms with van der Waals surface area (Å²) in [6, 6.07) is 18.5. The Morgan fingerprint density at radius 2 is 1.91 bits per heavy atom. The number of benzene rings is 2. The zero-order chi connectivity index (χ0) is 22.9. The summed E-state index contributed by atoms with van der Waals surface area (Å²) in [5.41, 5.74) is 4.75. The third-order valence-corrected chi connectivity index (χ3v) is 5.73. The number of pyridine rings is 1. The highest BCUT2D eigenvalue weighted by Crippen LogP contribution is 2.37. The van der Waals surface area contributed by atoms with Crippen molar-refractivity contribution in [2.24, 2.45) is 0 Å². The van der Waals surface area contributed by atoms with E-state index in [1.54, 1.807) is 29.2 Å². The Morgan fingerprint density at radius 3 is 2.64 bits per heavy atom. The van der Waals surface area contributed by atoms with Crippen LogP contribution in [0, 0.1) is 6.92 Å². The molecule has 1 aliphatic rings. The Kier molecular flexibility index (Phi) is 5.40. The molecule has 4 aromatic rings. The van der Waals surface area contributed by atoms with Crippen LogP contribution >= 0.6 is 11.6 Å². The van der Waals surface area contributed by atoms with Crippen LogP contribution in [0.1, 0.15) is 24.1 Å². The summed E-state index contributed by atoms with van der Waals surface area (Å²) in [6.45, 7) is 3.90. The lowest BCUT2D eigenvalue weighted by Gasteiger charge is -2.28. The first-order valence-corrected chi connectivity index (χ1v) is 10.9. The zero-order valence-corrected chi connectivity index (χ0v) is 18.8. The molecule has 0 radical (unpaired) electrons. The zero-order valence-electron chi connectivity index (χ0n) is 18.1. The summed E-state index contributed by atoms with van der Waals surface area (Å²) in [7, 11) is 0. The summed E-state index contributed by atoms with van der Waals surface area (Å²) in [4.78, 5) is 22.2. The van der Waals surface area contributed by atoms with Gasteiger partial charge in [-0.1, -0.05) is 47.5 Å². The fraction of sp³-hybridized carbons (Fsp3) is 0.120. The van der Waals surface area contributed by atoms with Crippen molar-refractivity contribution in [2.45, 2.75) is 19.9 Å². The second-order valence-electron chi connectivity index (χ2n) is 7.89. The van der Waals surface area contributed by atoms with Gasteiger partial charge >= 0.3 is 0 Å². The molecule has 0 saturated carbocycles. The van der Waals surface area contributed by atoms with Crippen molar-refractivity contribution in [3.63, 3.8) is 0 Å². The summed E-state index contributed by atoms with van der Waals surface area (Å²) in [5.74, 6) is 0.912. The first-order chi connectivity index (χ1) is 16.0. The number of hydrogen-bond acceptors (Lipinski definition) is 5. The van der Waals surface area contributed by atoms with Crippen molar-refractivity contribution in [1.29, 1.82) is 0 Å². The Labute approximate surface area is 196 Å². The van der Waals surface area contributed by atoms with E-state index >= 15 is 0 Å². The number of aromatic nitrogens is 4. The molecule has 33 heavy (non-hydrogen) atoms. The molecule has 0 fully saturated rings. The molecule has 2 N–H and O–H groups in total. The van der Waals surface area contributed by atoms with Crippen LogP contribution in [0.15, 0.2) is 84.3 Å². The van der Waals surface area contributed by atoms with Gasteiger partial charge in [0.1, 0.15) is 6.04 Å². The van der Waals surface area contributed by atoms with Gasteiger partial charge in [-0.05, 0) is 49.7 Å². The summed E-state index contributed by atoms with van der Waals surface area (Å²) < 4.78 is 1.76. The minimum Gasteiger partial charge on any atom is -0.328 e. The summed E-state index contributed by atoms with van der Waals surface area (Å²) in [6.07, 6.45) is 3.27. The van der Waals surface area contributed by atoms with Gasteiger partial charge in [0.05, 0.1) is 17.5 Å². The van der Waals surface area contributed by atoms with Gasteiger partial charge in [-0.2, -0.15) is 4.98 Å². The van der Waals surface area contributed by atoms with Crippen LogP contribution in [0.4, 0.5) is 11.6 Å². The average molecular weight is 457 g/mol. The number of aryl methyl sites for hydroxylation is 1. The monoisotopic (exact) mass is 456 g/mol. The molecule has 2 aromatic carbocycles. The lowest BCUT2D eigenvalue weighted by Crippen LogP contribution is -2.31. The predicted molar refractivity (Wildman–Crippen MR) is 129 cm³/mol. The molecule has 0 unspecified atom stereocenters. The molecular formula is C25H21ClN6O. The van der Waals surface area contributed by atoms with E-state index in [-0.39, 0.29) is 5.91 Å². The van der Waals surface area contributed by atoms with Gasteiger partial charge in [0.25, 0.3) is 5.91 Å². The maximum atomic E-state index is 13.4. The van der Waals surface area contributed by atoms with E-state index in [0.29, 0.717) is 33.8 Å². The Hall–Kier alpha value is -3.97. The van der Waals surface area contributed by atoms with Crippen molar-refractivity contribution >= 4 is 29.1 Å². The highest BCUT2D eigenvalue weighted by atomic mass is 35.5. The molecule has 8 heteroatoms. The summed E-state index contributed by atoms with van der Waals surface area (Å²) in [5, 5.41) is 11.6. The molecular weight excluding hydrogens is 436 g/mol. The Bertz CT molecular complexity index is 1360. The fourth-order valence-corrected chi connectivity index (χ4v) is 4.07. The number of hydrogen-bond donors (Lipinski definition) is 2. The average Bonchev–Trinajstić information content (AvgIpc) is 3.23. The van der Waals surface area contributed by atoms with Crippen LogP contribution in [0.5, 0.6) is 0 Å². The SMILES string of the molecule is CC1=C(C(=O)Nc2cccnc2)[C@@H](c2ccc(Cl)cc2)n2nc(-c3cccc(C)c3)nc2N1. The minimum atomic E-state index is -0.485. The number of allylic oxidation sites excluding steroid dienone is 1. The number of nitrogens with zero attached hydrogens (tertiary/aromatic N) is 4. The van der Waals surface area contributed by atoms with Gasteiger partial charge in [0.15, 0.2) is 5.82 Å². The first kappa shape index (κ1) is 20.9. The maximum Gasteiger partial charge on any atom is 0.255 e. The molecule has 7 nitrogen and oxygen atoms in total. The van der Waals surface area contributed by atoms with Crippen LogP contribution in [0.25, 0.3) is 11.4 Å². The first-order valence-electron chi connectivity index (χ1n) is 10.5. The second kappa shape index (κ2) is 8.52. The number of anilines is 2. The molecule has 3 heterocycles. The third kappa shape index (κ3) is 4.10. The maximum absolute atomic E-state index is 13.4. The van der Waals surface area contributed by atoms with E-state index in [2.05, 4.69) is 15.6 Å². The number of rotatable bonds is 4. The van der Waals surface area contributed by atoms with E-state index in [0.717, 1.165) is 16.7 Å². The van der Waals surface area contributed by atoms with E-state index < -0.39 is 6.04 Å². The van der Waals surface area contributed by atoms with E-state index in [1.807, 2.05) is 62.4 Å². The van der Waals surface area contributed by atoms with Gasteiger partial charge in [-0.15, -0.1) is 5.10 Å². The smallest absolute Gasteiger partial charge is 0.255 e. The second-order valence-corrected chi connectivity index (χ2v) is 8.32. The number of carbonyl (C=O) groups is 1. The molecule has 0 bridgehead atoms. The third-order valence-electron chi connectivity index (χ3n) is 5.48. The molecule has 5 rings (SSSR count). The lowest BCUT2D eigenvalue weighted by atomic mass is 9.95. The normalized spacial score (nSPS) is 15.1. The quantitative estimate of drug-likeness (QED) is 0.439. The standard InChI is InChI=1S/C25H21ClN6O/c1-15-5-3-6-18(13-15)23-30-25-28-16(2)21(24(33)29-20-7-4-12-27-14-20)22(32(25)31-23)17-8-10-19(26)11-9-17/h3-14,22H,1-2H3,(H,29,33)(H,28,30,31)/t22-/m1/s1. The highest BCUT2D eigenvalue weighted by Gasteiger charge is 2.34. The van der Waals surface area contributed by atoms with Crippen LogP contribution in [0.3, 0.4) is 0 Å². The molecule has 0 spiro atoms. The number of fused-ring (bicyclic) bond motifs is 1. The lowest BCUT2D eigenvalue weighted by molar-refractivity contribution is -0.113. The number of halogens is 1. The summed E-state index contributed by atoms with van der Waals surface area (Å²) >= 11 is 6.14. The van der Waals surface area contributed by atoms with Gasteiger partial charge in [0, 0.05) is 22.5 Å². The molecule has 0 aliphatic carbocycles. The van der Waals surface area contributed by atoms with Gasteiger partial charge in [-0.3, -0.25) is 9.78 Å². The van der Waals surface area contributed by atoms with Crippen LogP contribution in [0.2, 0.25) is 5.02 Å². The largest absolute Gasteiger partial charge is 0.328 e. The Morgan fingerprint density at radius 1 is 1.09 bits per heavy atom. The topological polar surface area (TPSA) is 84.7 Å². The van der Waals surface area contributed by atoms with Crippen molar-refractivity contribution in [2.75, 3.05) is 10.6 Å². The Balaban J connectivity index is 1.61. The van der Waals surface area contributed by atoms with Crippen molar-refractivity contribution in [3.05, 3.63) is 100 Å². The van der Waals surface area contributed by atoms with Gasteiger partial charge < -0.3 is 10.6 Å². The van der Waals surface area contributed by atoms with Crippen LogP contribution < -0.4 is 10.6 Å². The van der Waals surface area contributed by atoms with E-state index in [4.69, 9.17) is 21.7 Å². The van der Waals surface area contributed by atoms with Gasteiger partial charge in [-0.25, -0.2) is 4.68 Å². The van der Waals surface area contributed by atoms with Crippen LogP contribution in [-0.2, 0) is 4.79 Å². The molecule has 1 atom stereocenters. The van der Waals surface area contributed by atoms with Crippen molar-refractivity contribution in [3.8, 4) is 11.4 Å². The predicted octanol–water partition coefficient (Wildman–Crippen LogP) is 5.23. The van der Waals surface area contributed by atoms with Gasteiger partial charge in [0.2, 0.25) is 5.95 Å². The molecule has 164 valence electrons. The molecule has 1 aliphatic heterocycles. The number of amides is 1. The highest BCUT2D eigenvalue weighted by molar-refractivity contribution is 6.30. The van der Waals surface area contributed by atoms with Crippen molar-refractivity contribution in [1.82, 2.24) is 19.7 Å². The molecule has 1 amide bonds. The number of nitrogens with one attached hydrogen (secondary N) is 2. The van der Waals surface area contributed by atoms with E-state index in [1.165, 1.54) is 0 Å². The fourth-order valence-electron chi connectivity index (χ4n) is 3.94. The number of carbonyl (C=O) groups excluding carboxylic acids is 1.